The minimum Gasteiger partial charge on any atom is -0.229 e. The van der Waals surface area contributed by atoms with E-state index in [2.05, 4.69) is 36.1 Å². The van der Waals surface area contributed by atoms with Crippen LogP contribution in [0.25, 0.3) is 11.2 Å². The van der Waals surface area contributed by atoms with E-state index in [9.17, 15) is 0 Å². The highest BCUT2D eigenvalue weighted by Crippen LogP contribution is 2.17. The Morgan fingerprint density at radius 3 is 3.00 bits per heavy atom. The third-order valence-corrected chi connectivity index (χ3v) is 2.60. The number of hydrogen-bond donors (Lipinski definition) is 0. The number of rotatable bonds is 2. The maximum atomic E-state index is 4.57. The van der Waals surface area contributed by atoms with E-state index in [4.69, 9.17) is 0 Å². The Labute approximate surface area is 89.5 Å². The number of aryl methyl sites for hydroxylation is 1. The molecule has 0 aliphatic rings. The Morgan fingerprint density at radius 1 is 1.53 bits per heavy atom. The van der Waals surface area contributed by atoms with Crippen molar-refractivity contribution in [3.8, 4) is 0 Å². The van der Waals surface area contributed by atoms with E-state index in [1.165, 1.54) is 5.57 Å². The van der Waals surface area contributed by atoms with Gasteiger partial charge < -0.3 is 0 Å². The first-order valence-corrected chi connectivity index (χ1v) is 5.23. The molecule has 0 bridgehead atoms. The van der Waals surface area contributed by atoms with Crippen LogP contribution in [-0.4, -0.2) is 14.6 Å². The minimum absolute atomic E-state index is 0.915. The van der Waals surface area contributed by atoms with Crippen molar-refractivity contribution in [2.24, 2.45) is 0 Å². The van der Waals surface area contributed by atoms with Gasteiger partial charge in [0.25, 0.3) is 0 Å². The smallest absolute Gasteiger partial charge is 0.155 e. The zero-order valence-corrected chi connectivity index (χ0v) is 9.36. The number of hydrogen-bond acceptors (Lipinski definition) is 2. The molecule has 0 radical (unpaired) electrons. The number of fused-ring (bicyclic) bond motifs is 1. The van der Waals surface area contributed by atoms with Crippen molar-refractivity contribution in [1.82, 2.24) is 14.6 Å². The summed E-state index contributed by atoms with van der Waals surface area (Å²) < 4.78 is 1.85. The SMILES string of the molecule is C/C=C(\CC)c1cc(C)n2nccc2n1. The largest absolute Gasteiger partial charge is 0.229 e. The van der Waals surface area contributed by atoms with Crippen LogP contribution in [0, 0.1) is 6.92 Å². The summed E-state index contributed by atoms with van der Waals surface area (Å²) in [6, 6.07) is 4.01. The molecule has 0 fully saturated rings. The van der Waals surface area contributed by atoms with E-state index in [1.54, 1.807) is 6.20 Å². The van der Waals surface area contributed by atoms with Crippen LogP contribution >= 0.6 is 0 Å². The average molecular weight is 201 g/mol. The lowest BCUT2D eigenvalue weighted by molar-refractivity contribution is 0.890. The lowest BCUT2D eigenvalue weighted by Crippen LogP contribution is -1.99. The Bertz CT molecular complexity index is 509. The molecule has 0 aromatic carbocycles. The van der Waals surface area contributed by atoms with Gasteiger partial charge in [-0.05, 0) is 31.9 Å². The Balaban J connectivity index is 2.63. The van der Waals surface area contributed by atoms with E-state index < -0.39 is 0 Å². The van der Waals surface area contributed by atoms with Gasteiger partial charge in [-0.3, -0.25) is 0 Å². The lowest BCUT2D eigenvalue weighted by Gasteiger charge is -2.06. The maximum absolute atomic E-state index is 4.57. The summed E-state index contributed by atoms with van der Waals surface area (Å²) in [4.78, 5) is 4.57. The quantitative estimate of drug-likeness (QED) is 0.747. The van der Waals surface area contributed by atoms with Crippen molar-refractivity contribution in [2.45, 2.75) is 27.2 Å². The molecule has 78 valence electrons. The molecule has 15 heavy (non-hydrogen) atoms. The second-order valence-corrected chi connectivity index (χ2v) is 3.55. The summed E-state index contributed by atoms with van der Waals surface area (Å²) in [5, 5.41) is 4.21. The molecule has 0 aliphatic heterocycles. The summed E-state index contributed by atoms with van der Waals surface area (Å²) >= 11 is 0. The van der Waals surface area contributed by atoms with E-state index in [0.717, 1.165) is 23.5 Å². The highest BCUT2D eigenvalue weighted by molar-refractivity contribution is 5.64. The topological polar surface area (TPSA) is 30.2 Å². The monoisotopic (exact) mass is 201 g/mol. The standard InChI is InChI=1S/C12H15N3/c1-4-10(5-2)11-8-9(3)15-12(14-11)6-7-13-15/h4,6-8H,5H2,1-3H3/b10-4+. The van der Waals surface area contributed by atoms with Crippen molar-refractivity contribution < 1.29 is 0 Å². The molecule has 2 heterocycles. The number of nitrogens with zero attached hydrogens (tertiary/aromatic N) is 3. The maximum Gasteiger partial charge on any atom is 0.155 e. The summed E-state index contributed by atoms with van der Waals surface area (Å²) in [7, 11) is 0. The Hall–Kier alpha value is -1.64. The van der Waals surface area contributed by atoms with Crippen molar-refractivity contribution >= 4 is 11.2 Å². The summed E-state index contributed by atoms with van der Waals surface area (Å²) in [5.74, 6) is 0. The van der Waals surface area contributed by atoms with E-state index >= 15 is 0 Å². The van der Waals surface area contributed by atoms with Crippen molar-refractivity contribution in [3.05, 3.63) is 35.8 Å². The third kappa shape index (κ3) is 1.65. The molecule has 0 N–H and O–H groups in total. The molecule has 0 spiro atoms. The second kappa shape index (κ2) is 3.85. The minimum atomic E-state index is 0.915. The number of allylic oxidation sites excluding steroid dienone is 2. The van der Waals surface area contributed by atoms with Gasteiger partial charge >= 0.3 is 0 Å². The Kier molecular flexibility index (Phi) is 2.54. The van der Waals surface area contributed by atoms with Crippen LogP contribution in [0.1, 0.15) is 31.7 Å². The van der Waals surface area contributed by atoms with Crippen LogP contribution in [0.2, 0.25) is 0 Å². The van der Waals surface area contributed by atoms with Gasteiger partial charge in [-0.15, -0.1) is 0 Å². The first-order chi connectivity index (χ1) is 7.26. The molecule has 0 amide bonds. The first-order valence-electron chi connectivity index (χ1n) is 5.23. The molecule has 0 aliphatic carbocycles. The third-order valence-electron chi connectivity index (χ3n) is 2.60. The van der Waals surface area contributed by atoms with Crippen LogP contribution in [0.5, 0.6) is 0 Å². The van der Waals surface area contributed by atoms with Gasteiger partial charge in [0.2, 0.25) is 0 Å². The van der Waals surface area contributed by atoms with E-state index in [1.807, 2.05) is 17.5 Å². The fraction of sp³-hybridized carbons (Fsp3) is 0.333. The second-order valence-electron chi connectivity index (χ2n) is 3.55. The van der Waals surface area contributed by atoms with Crippen LogP contribution < -0.4 is 0 Å². The highest BCUT2D eigenvalue weighted by Gasteiger charge is 2.05. The predicted octanol–water partition coefficient (Wildman–Crippen LogP) is 2.85. The van der Waals surface area contributed by atoms with Crippen LogP contribution in [0.15, 0.2) is 24.4 Å². The van der Waals surface area contributed by atoms with Gasteiger partial charge in [0.15, 0.2) is 5.65 Å². The van der Waals surface area contributed by atoms with Crippen molar-refractivity contribution in [3.63, 3.8) is 0 Å². The Morgan fingerprint density at radius 2 is 2.33 bits per heavy atom. The summed E-state index contributed by atoms with van der Waals surface area (Å²) in [5.41, 5.74) is 4.37. The van der Waals surface area contributed by atoms with Crippen LogP contribution in [0.3, 0.4) is 0 Å². The molecule has 0 saturated carbocycles. The molecule has 3 heteroatoms. The van der Waals surface area contributed by atoms with Gasteiger partial charge in [0.1, 0.15) is 0 Å². The molecule has 2 rings (SSSR count). The van der Waals surface area contributed by atoms with Crippen molar-refractivity contribution in [2.75, 3.05) is 0 Å². The van der Waals surface area contributed by atoms with Gasteiger partial charge in [-0.2, -0.15) is 5.10 Å². The predicted molar refractivity (Wildman–Crippen MR) is 61.7 cm³/mol. The molecule has 0 atom stereocenters. The average Bonchev–Trinajstić information content (AvgIpc) is 2.68. The normalized spacial score (nSPS) is 12.3. The molecular weight excluding hydrogens is 186 g/mol. The van der Waals surface area contributed by atoms with Crippen LogP contribution in [-0.2, 0) is 0 Å². The van der Waals surface area contributed by atoms with Gasteiger partial charge in [-0.25, -0.2) is 9.50 Å². The van der Waals surface area contributed by atoms with Crippen LogP contribution in [0.4, 0.5) is 0 Å². The van der Waals surface area contributed by atoms with E-state index in [-0.39, 0.29) is 0 Å². The molecule has 2 aromatic rings. The molecule has 2 aromatic heterocycles. The molecule has 0 saturated heterocycles. The van der Waals surface area contributed by atoms with Gasteiger partial charge in [0.05, 0.1) is 11.9 Å². The molecule has 0 unspecified atom stereocenters. The zero-order chi connectivity index (χ0) is 10.8. The fourth-order valence-electron chi connectivity index (χ4n) is 1.77. The highest BCUT2D eigenvalue weighted by atomic mass is 15.2. The van der Waals surface area contributed by atoms with Gasteiger partial charge in [-0.1, -0.05) is 13.0 Å². The molecule has 3 nitrogen and oxygen atoms in total. The van der Waals surface area contributed by atoms with Gasteiger partial charge in [0, 0.05) is 11.8 Å². The number of aromatic nitrogens is 3. The van der Waals surface area contributed by atoms with E-state index in [0.29, 0.717) is 0 Å². The zero-order valence-electron chi connectivity index (χ0n) is 9.36. The fourth-order valence-corrected chi connectivity index (χ4v) is 1.77. The summed E-state index contributed by atoms with van der Waals surface area (Å²) in [6.45, 7) is 6.25. The summed E-state index contributed by atoms with van der Waals surface area (Å²) in [6.07, 6.45) is 4.91. The first kappa shape index (κ1) is 9.90. The van der Waals surface area contributed by atoms with Crippen molar-refractivity contribution in [1.29, 1.82) is 0 Å². The lowest BCUT2D eigenvalue weighted by atomic mass is 10.1. The molecular formula is C12H15N3.